The lowest BCUT2D eigenvalue weighted by Gasteiger charge is -2.42. The molecule has 1 heterocycles. The molecule has 3 rings (SSSR count). The van der Waals surface area contributed by atoms with Gasteiger partial charge < -0.3 is 5.73 Å². The maximum atomic E-state index is 13.2. The lowest BCUT2D eigenvalue weighted by molar-refractivity contribution is 0.131. The second-order valence-corrected chi connectivity index (χ2v) is 9.31. The van der Waals surface area contributed by atoms with Crippen LogP contribution in [0.2, 0.25) is 0 Å². The zero-order valence-corrected chi connectivity index (χ0v) is 15.8. The van der Waals surface area contributed by atoms with Crippen LogP contribution in [0, 0.1) is 11.8 Å². The van der Waals surface area contributed by atoms with E-state index in [0.29, 0.717) is 38.6 Å². The van der Waals surface area contributed by atoms with Crippen LogP contribution < -0.4 is 5.73 Å². The van der Waals surface area contributed by atoms with Crippen LogP contribution in [-0.4, -0.2) is 49.8 Å². The first kappa shape index (κ1) is 18.8. The fourth-order valence-corrected chi connectivity index (χ4v) is 6.03. The average molecular weight is 366 g/mol. The Bertz CT molecular complexity index is 635. The molecule has 1 aromatic carbocycles. The molecule has 0 radical (unpaired) electrons. The van der Waals surface area contributed by atoms with E-state index in [1.807, 2.05) is 30.3 Å². The van der Waals surface area contributed by atoms with Crippen LogP contribution in [0.25, 0.3) is 0 Å². The second-order valence-electron chi connectivity index (χ2n) is 7.38. The standard InChI is InChI=1S/C19H31N3O2S/c20-12-15-21(13-10-17-6-2-1-3-7-17)25(23,24)22-14-11-18-8-4-5-9-19(18)16-22/h1-3,6-7,18-19H,4-5,8-16,20H2. The van der Waals surface area contributed by atoms with E-state index in [9.17, 15) is 8.42 Å². The largest absolute Gasteiger partial charge is 0.329 e. The minimum atomic E-state index is -3.42. The van der Waals surface area contributed by atoms with E-state index < -0.39 is 10.2 Å². The highest BCUT2D eigenvalue weighted by Crippen LogP contribution is 2.37. The predicted octanol–water partition coefficient (Wildman–Crippen LogP) is 2.25. The van der Waals surface area contributed by atoms with E-state index in [0.717, 1.165) is 24.3 Å². The van der Waals surface area contributed by atoms with Gasteiger partial charge in [-0.3, -0.25) is 0 Å². The summed E-state index contributed by atoms with van der Waals surface area (Å²) in [5, 5.41) is 0. The van der Waals surface area contributed by atoms with Gasteiger partial charge in [0.05, 0.1) is 0 Å². The first-order valence-corrected chi connectivity index (χ1v) is 11.0. The highest BCUT2D eigenvalue weighted by atomic mass is 32.2. The van der Waals surface area contributed by atoms with Crippen molar-refractivity contribution in [3.63, 3.8) is 0 Å². The Kier molecular flexibility index (Phi) is 6.49. The molecule has 2 fully saturated rings. The van der Waals surface area contributed by atoms with Gasteiger partial charge in [0.15, 0.2) is 0 Å². The van der Waals surface area contributed by atoms with Gasteiger partial charge in [0.2, 0.25) is 0 Å². The van der Waals surface area contributed by atoms with Crippen molar-refractivity contribution in [2.75, 3.05) is 32.7 Å². The van der Waals surface area contributed by atoms with Crippen LogP contribution in [0.3, 0.4) is 0 Å². The van der Waals surface area contributed by atoms with Crippen molar-refractivity contribution in [2.45, 2.75) is 38.5 Å². The van der Waals surface area contributed by atoms with Gasteiger partial charge in [-0.15, -0.1) is 0 Å². The van der Waals surface area contributed by atoms with Crippen LogP contribution in [-0.2, 0) is 16.6 Å². The molecule has 0 bridgehead atoms. The molecule has 1 saturated heterocycles. The van der Waals surface area contributed by atoms with E-state index >= 15 is 0 Å². The summed E-state index contributed by atoms with van der Waals surface area (Å²) in [7, 11) is -3.42. The van der Waals surface area contributed by atoms with Crippen molar-refractivity contribution in [1.29, 1.82) is 0 Å². The van der Waals surface area contributed by atoms with Crippen LogP contribution in [0.1, 0.15) is 37.7 Å². The number of benzene rings is 1. The van der Waals surface area contributed by atoms with Crippen molar-refractivity contribution in [3.8, 4) is 0 Å². The minimum Gasteiger partial charge on any atom is -0.329 e. The Morgan fingerprint density at radius 2 is 1.76 bits per heavy atom. The maximum Gasteiger partial charge on any atom is 0.282 e. The summed E-state index contributed by atoms with van der Waals surface area (Å²) < 4.78 is 29.6. The summed E-state index contributed by atoms with van der Waals surface area (Å²) in [6.45, 7) is 2.59. The molecule has 6 heteroatoms. The molecule has 1 saturated carbocycles. The van der Waals surface area contributed by atoms with Crippen molar-refractivity contribution < 1.29 is 8.42 Å². The zero-order valence-electron chi connectivity index (χ0n) is 15.0. The van der Waals surface area contributed by atoms with Crippen LogP contribution in [0.4, 0.5) is 0 Å². The Balaban J connectivity index is 1.66. The minimum absolute atomic E-state index is 0.355. The molecule has 2 atom stereocenters. The van der Waals surface area contributed by atoms with Crippen molar-refractivity contribution in [1.82, 2.24) is 8.61 Å². The SMILES string of the molecule is NCCN(CCc1ccccc1)S(=O)(=O)N1CCC2CCCCC2C1. The third-order valence-electron chi connectivity index (χ3n) is 5.78. The predicted molar refractivity (Wildman–Crippen MR) is 101 cm³/mol. The van der Waals surface area contributed by atoms with Gasteiger partial charge in [-0.05, 0) is 36.7 Å². The first-order valence-electron chi connectivity index (χ1n) is 9.60. The smallest absolute Gasteiger partial charge is 0.282 e. The van der Waals surface area contributed by atoms with Gasteiger partial charge in [0.1, 0.15) is 0 Å². The maximum absolute atomic E-state index is 13.2. The molecule has 2 unspecified atom stereocenters. The summed E-state index contributed by atoms with van der Waals surface area (Å²) in [6, 6.07) is 10.0. The molecule has 1 aliphatic carbocycles. The Morgan fingerprint density at radius 3 is 2.48 bits per heavy atom. The molecule has 0 spiro atoms. The fourth-order valence-electron chi connectivity index (χ4n) is 4.33. The summed E-state index contributed by atoms with van der Waals surface area (Å²) in [5.41, 5.74) is 6.86. The van der Waals surface area contributed by atoms with Crippen molar-refractivity contribution >= 4 is 10.2 Å². The lowest BCUT2D eigenvalue weighted by atomic mass is 9.76. The van der Waals surface area contributed by atoms with Gasteiger partial charge in [0, 0.05) is 32.7 Å². The van der Waals surface area contributed by atoms with Crippen LogP contribution in [0.5, 0.6) is 0 Å². The van der Waals surface area contributed by atoms with Gasteiger partial charge in [-0.1, -0.05) is 49.6 Å². The molecule has 0 amide bonds. The molecule has 0 aromatic heterocycles. The van der Waals surface area contributed by atoms with E-state index in [2.05, 4.69) is 0 Å². The van der Waals surface area contributed by atoms with Crippen molar-refractivity contribution in [2.24, 2.45) is 17.6 Å². The van der Waals surface area contributed by atoms with Crippen LogP contribution >= 0.6 is 0 Å². The van der Waals surface area contributed by atoms with Gasteiger partial charge in [-0.2, -0.15) is 17.0 Å². The summed E-state index contributed by atoms with van der Waals surface area (Å²) in [5.74, 6) is 1.28. The molecule has 5 nitrogen and oxygen atoms in total. The van der Waals surface area contributed by atoms with E-state index in [1.165, 1.54) is 25.7 Å². The summed E-state index contributed by atoms with van der Waals surface area (Å²) >= 11 is 0. The molecule has 2 aliphatic rings. The highest BCUT2D eigenvalue weighted by molar-refractivity contribution is 7.86. The number of fused-ring (bicyclic) bond motifs is 1. The topological polar surface area (TPSA) is 66.6 Å². The zero-order chi connectivity index (χ0) is 17.7. The molecule has 1 aliphatic heterocycles. The second kappa shape index (κ2) is 8.62. The van der Waals surface area contributed by atoms with E-state index in [4.69, 9.17) is 5.73 Å². The highest BCUT2D eigenvalue weighted by Gasteiger charge is 2.38. The number of nitrogens with two attached hydrogens (primary N) is 1. The fraction of sp³-hybridized carbons (Fsp3) is 0.684. The van der Waals surface area contributed by atoms with Crippen molar-refractivity contribution in [3.05, 3.63) is 35.9 Å². The summed E-state index contributed by atoms with van der Waals surface area (Å²) in [4.78, 5) is 0. The first-order chi connectivity index (χ1) is 12.1. The molecule has 140 valence electrons. The van der Waals surface area contributed by atoms with Gasteiger partial charge >= 0.3 is 0 Å². The third-order valence-corrected chi connectivity index (χ3v) is 7.78. The number of hydrogen-bond acceptors (Lipinski definition) is 3. The quantitative estimate of drug-likeness (QED) is 0.806. The van der Waals surface area contributed by atoms with E-state index in [1.54, 1.807) is 8.61 Å². The number of rotatable bonds is 7. The molecule has 25 heavy (non-hydrogen) atoms. The van der Waals surface area contributed by atoms with E-state index in [-0.39, 0.29) is 0 Å². The average Bonchev–Trinajstić information content (AvgIpc) is 2.65. The monoisotopic (exact) mass is 365 g/mol. The summed E-state index contributed by atoms with van der Waals surface area (Å²) in [6.07, 6.45) is 6.75. The molecule has 1 aromatic rings. The molecular formula is C19H31N3O2S. The number of hydrogen-bond donors (Lipinski definition) is 1. The molecule has 2 N–H and O–H groups in total. The van der Waals surface area contributed by atoms with Gasteiger partial charge in [-0.25, -0.2) is 0 Å². The number of piperidine rings is 1. The normalized spacial score (nSPS) is 25.0. The Morgan fingerprint density at radius 1 is 1.04 bits per heavy atom. The van der Waals surface area contributed by atoms with Crippen LogP contribution in [0.15, 0.2) is 30.3 Å². The Hall–Kier alpha value is -0.950. The lowest BCUT2D eigenvalue weighted by Crippen LogP contribution is -2.51. The third kappa shape index (κ3) is 4.61. The molecular weight excluding hydrogens is 334 g/mol. The van der Waals surface area contributed by atoms with Gasteiger partial charge in [0.25, 0.3) is 10.2 Å². The number of nitrogens with zero attached hydrogens (tertiary/aromatic N) is 2. The Labute approximate surface area is 152 Å².